The van der Waals surface area contributed by atoms with Crippen LogP contribution in [0.15, 0.2) is 91.0 Å². The summed E-state index contributed by atoms with van der Waals surface area (Å²) in [7, 11) is -3.14. The van der Waals surface area contributed by atoms with Gasteiger partial charge in [0.15, 0.2) is 0 Å². The number of hydrogen-bond donors (Lipinski definition) is 1. The van der Waals surface area contributed by atoms with Crippen LogP contribution >= 0.6 is 7.29 Å². The molecule has 4 rings (SSSR count). The maximum Gasteiger partial charge on any atom is 0.205 e. The highest BCUT2D eigenvalue weighted by Crippen LogP contribution is 2.43. The Morgan fingerprint density at radius 2 is 1.27 bits per heavy atom. The minimum Gasteiger partial charge on any atom is -0.299 e. The largest absolute Gasteiger partial charge is 0.299 e. The van der Waals surface area contributed by atoms with Crippen molar-refractivity contribution in [2.45, 2.75) is 38.1 Å². The quantitative estimate of drug-likeness (QED) is 0.500. The van der Waals surface area contributed by atoms with Crippen LogP contribution in [0.1, 0.15) is 43.7 Å². The fourth-order valence-corrected chi connectivity index (χ4v) is 6.79. The maximum absolute atomic E-state index is 14.5. The second-order valence-corrected chi connectivity index (χ2v) is 10.5. The number of carbonyl (C=O) groups is 1. The van der Waals surface area contributed by atoms with Crippen molar-refractivity contribution in [3.05, 3.63) is 96.6 Å². The molecule has 0 amide bonds. The van der Waals surface area contributed by atoms with Crippen LogP contribution < -0.4 is 15.7 Å². The Morgan fingerprint density at radius 1 is 0.800 bits per heavy atom. The lowest BCUT2D eigenvalue weighted by molar-refractivity contribution is -0.123. The van der Waals surface area contributed by atoms with E-state index in [4.69, 9.17) is 0 Å². The van der Waals surface area contributed by atoms with Crippen molar-refractivity contribution in [2.75, 3.05) is 0 Å². The smallest absolute Gasteiger partial charge is 0.205 e. The molecule has 0 spiro atoms. The molecule has 0 aliphatic heterocycles. The third kappa shape index (κ3) is 4.64. The van der Waals surface area contributed by atoms with E-state index in [0.29, 0.717) is 6.42 Å². The zero-order chi connectivity index (χ0) is 20.8. The van der Waals surface area contributed by atoms with Crippen LogP contribution in [0.5, 0.6) is 0 Å². The Balaban J connectivity index is 1.71. The lowest BCUT2D eigenvalue weighted by Crippen LogP contribution is -2.32. The molecule has 1 N–H and O–H groups in total. The summed E-state index contributed by atoms with van der Waals surface area (Å²) in [6, 6.07) is 28.8. The van der Waals surface area contributed by atoms with Crippen molar-refractivity contribution in [1.82, 2.24) is 5.09 Å². The third-order valence-electron chi connectivity index (χ3n) is 6.00. The summed E-state index contributed by atoms with van der Waals surface area (Å²) >= 11 is 0. The Hall–Kier alpha value is -2.48. The first kappa shape index (κ1) is 20.8. The monoisotopic (exact) mass is 417 g/mol. The van der Waals surface area contributed by atoms with E-state index in [2.05, 4.69) is 5.09 Å². The molecule has 154 valence electrons. The van der Waals surface area contributed by atoms with Gasteiger partial charge in [-0.05, 0) is 42.7 Å². The Kier molecular flexibility index (Phi) is 6.62. The molecule has 0 heterocycles. The summed E-state index contributed by atoms with van der Waals surface area (Å²) in [5.74, 6) is 0.423. The van der Waals surface area contributed by atoms with Crippen LogP contribution in [0.25, 0.3) is 0 Å². The molecule has 1 saturated carbocycles. The standard InChI is InChI=1S/C26H28NO2P/c28-26(22-14-10-11-15-22)20-25(21-12-4-1-5-13-21)27-30(29,23-16-6-2-7-17-23)24-18-8-3-9-19-24/h1-9,12-13,16-19,22,25H,10-11,14-15,20H2,(H,27,29). The number of nitrogens with one attached hydrogen (secondary N) is 1. The van der Waals surface area contributed by atoms with Gasteiger partial charge in [-0.15, -0.1) is 0 Å². The summed E-state index contributed by atoms with van der Waals surface area (Å²) in [6.07, 6.45) is 4.59. The average Bonchev–Trinajstić information content (AvgIpc) is 3.35. The molecule has 1 unspecified atom stereocenters. The lowest BCUT2D eigenvalue weighted by Gasteiger charge is -2.28. The van der Waals surface area contributed by atoms with Gasteiger partial charge in [-0.25, -0.2) is 0 Å². The van der Waals surface area contributed by atoms with Crippen LogP contribution in [0.2, 0.25) is 0 Å². The van der Waals surface area contributed by atoms with E-state index in [1.807, 2.05) is 91.0 Å². The molecule has 30 heavy (non-hydrogen) atoms. The number of hydrogen-bond acceptors (Lipinski definition) is 2. The summed E-state index contributed by atoms with van der Waals surface area (Å²) in [5.41, 5.74) is 0.996. The van der Waals surface area contributed by atoms with E-state index in [9.17, 15) is 9.36 Å². The molecule has 3 nitrogen and oxygen atoms in total. The lowest BCUT2D eigenvalue weighted by atomic mass is 9.94. The van der Waals surface area contributed by atoms with Crippen molar-refractivity contribution in [1.29, 1.82) is 0 Å². The number of rotatable bonds is 8. The molecule has 3 aromatic rings. The molecule has 1 aliphatic carbocycles. The molecule has 3 aromatic carbocycles. The van der Waals surface area contributed by atoms with Crippen molar-refractivity contribution in [3.63, 3.8) is 0 Å². The third-order valence-corrected chi connectivity index (χ3v) is 8.72. The average molecular weight is 417 g/mol. The van der Waals surface area contributed by atoms with Gasteiger partial charge in [0, 0.05) is 29.0 Å². The van der Waals surface area contributed by atoms with Gasteiger partial charge in [0.2, 0.25) is 7.29 Å². The van der Waals surface area contributed by atoms with Crippen LogP contribution in [-0.2, 0) is 9.36 Å². The van der Waals surface area contributed by atoms with Gasteiger partial charge in [0.05, 0.1) is 0 Å². The predicted molar refractivity (Wildman–Crippen MR) is 124 cm³/mol. The van der Waals surface area contributed by atoms with Gasteiger partial charge in [-0.2, -0.15) is 0 Å². The van der Waals surface area contributed by atoms with Crippen LogP contribution in [0.4, 0.5) is 0 Å². The fraction of sp³-hybridized carbons (Fsp3) is 0.269. The molecular weight excluding hydrogens is 389 g/mol. The van der Waals surface area contributed by atoms with E-state index in [1.54, 1.807) is 0 Å². The predicted octanol–water partition coefficient (Wildman–Crippen LogP) is 5.40. The summed E-state index contributed by atoms with van der Waals surface area (Å²) in [6.45, 7) is 0. The Morgan fingerprint density at radius 3 is 1.77 bits per heavy atom. The van der Waals surface area contributed by atoms with E-state index >= 15 is 0 Å². The first-order chi connectivity index (χ1) is 14.7. The molecular formula is C26H28NO2P. The molecule has 0 saturated heterocycles. The normalized spacial score (nSPS) is 15.7. The van der Waals surface area contributed by atoms with Crippen molar-refractivity contribution < 1.29 is 9.36 Å². The topological polar surface area (TPSA) is 46.2 Å². The van der Waals surface area contributed by atoms with E-state index < -0.39 is 7.29 Å². The molecule has 1 atom stereocenters. The van der Waals surface area contributed by atoms with E-state index in [1.165, 1.54) is 0 Å². The van der Waals surface area contributed by atoms with E-state index in [0.717, 1.165) is 41.9 Å². The van der Waals surface area contributed by atoms with Crippen LogP contribution in [0, 0.1) is 5.92 Å². The Labute approximate surface area is 179 Å². The number of Topliss-reactive ketones (excluding diaryl/α,β-unsaturated/α-hetero) is 1. The SMILES string of the molecule is O=C(CC(NP(=O)(c1ccccc1)c1ccccc1)c1ccccc1)C1CCCC1. The van der Waals surface area contributed by atoms with Crippen molar-refractivity contribution in [2.24, 2.45) is 5.92 Å². The molecule has 0 bridgehead atoms. The minimum absolute atomic E-state index is 0.144. The summed E-state index contributed by atoms with van der Waals surface area (Å²) < 4.78 is 14.5. The van der Waals surface area contributed by atoms with E-state index in [-0.39, 0.29) is 17.7 Å². The molecule has 1 fully saturated rings. The van der Waals surface area contributed by atoms with Crippen LogP contribution in [0.3, 0.4) is 0 Å². The number of benzene rings is 3. The zero-order valence-corrected chi connectivity index (χ0v) is 18.0. The minimum atomic E-state index is -3.14. The molecule has 4 heteroatoms. The first-order valence-corrected chi connectivity index (χ1v) is 12.4. The highest BCUT2D eigenvalue weighted by atomic mass is 31.2. The molecule has 1 aliphatic rings. The van der Waals surface area contributed by atoms with Crippen LogP contribution in [-0.4, -0.2) is 5.78 Å². The highest BCUT2D eigenvalue weighted by molar-refractivity contribution is 7.76. The number of carbonyl (C=O) groups excluding carboxylic acids is 1. The van der Waals surface area contributed by atoms with Gasteiger partial charge < -0.3 is 0 Å². The Bertz CT molecular complexity index is 955. The summed E-state index contributed by atoms with van der Waals surface area (Å²) in [4.78, 5) is 13.1. The maximum atomic E-state index is 14.5. The van der Waals surface area contributed by atoms with Crippen molar-refractivity contribution >= 4 is 23.7 Å². The number of ketones is 1. The molecule has 0 aromatic heterocycles. The van der Waals surface area contributed by atoms with Gasteiger partial charge in [-0.1, -0.05) is 79.6 Å². The van der Waals surface area contributed by atoms with Gasteiger partial charge in [0.25, 0.3) is 0 Å². The zero-order valence-electron chi connectivity index (χ0n) is 17.1. The van der Waals surface area contributed by atoms with Gasteiger partial charge in [0.1, 0.15) is 5.78 Å². The summed E-state index contributed by atoms with van der Waals surface area (Å²) in [5, 5.41) is 4.98. The second-order valence-electron chi connectivity index (χ2n) is 8.02. The van der Waals surface area contributed by atoms with Gasteiger partial charge in [-0.3, -0.25) is 14.4 Å². The fourth-order valence-electron chi connectivity index (χ4n) is 4.33. The van der Waals surface area contributed by atoms with Gasteiger partial charge >= 0.3 is 0 Å². The molecule has 0 radical (unpaired) electrons. The second kappa shape index (κ2) is 9.55. The first-order valence-electron chi connectivity index (χ1n) is 10.7. The van der Waals surface area contributed by atoms with Crippen molar-refractivity contribution in [3.8, 4) is 0 Å². The highest BCUT2D eigenvalue weighted by Gasteiger charge is 2.33.